The summed E-state index contributed by atoms with van der Waals surface area (Å²) < 4.78 is 4.66. The Balaban J connectivity index is 1.11. The van der Waals surface area contributed by atoms with E-state index in [0.717, 1.165) is 89.3 Å². The van der Waals surface area contributed by atoms with E-state index in [-0.39, 0.29) is 0 Å². The Bertz CT molecular complexity index is 2920. The number of aliphatic imine (C=N–C) groups is 2. The van der Waals surface area contributed by atoms with Crippen LogP contribution in [0.5, 0.6) is 0 Å². The fourth-order valence-corrected chi connectivity index (χ4v) is 9.08. The third kappa shape index (κ3) is 6.83. The number of rotatable bonds is 13. The van der Waals surface area contributed by atoms with Crippen LogP contribution in [0.2, 0.25) is 0 Å². The molecule has 5 aromatic carbocycles. The molecule has 0 saturated heterocycles. The molecule has 4 heterocycles. The van der Waals surface area contributed by atoms with E-state index in [1.54, 1.807) is 0 Å². The van der Waals surface area contributed by atoms with E-state index in [2.05, 4.69) is 181 Å². The SMILES string of the molecule is C=C/C(CC/C=C\c1c(C=C)c2ccccc2n1-c1ccccc1)=C(\CCC)c1c(C=C)n([C@H]2N=C3N=CCCC3=C(c3ccc4ccccc4c3)N2)c2ccccc12. The maximum absolute atomic E-state index is 5.31. The molecule has 1 atom stereocenters. The molecular formula is C54H49N5. The van der Waals surface area contributed by atoms with E-state index in [1.807, 2.05) is 18.4 Å². The van der Waals surface area contributed by atoms with E-state index in [4.69, 9.17) is 9.98 Å². The van der Waals surface area contributed by atoms with E-state index in [1.165, 1.54) is 43.8 Å². The molecule has 59 heavy (non-hydrogen) atoms. The molecule has 5 nitrogen and oxygen atoms in total. The summed E-state index contributed by atoms with van der Waals surface area (Å²) in [6.07, 6.45) is 17.6. The first-order valence-electron chi connectivity index (χ1n) is 20.8. The van der Waals surface area contributed by atoms with Crippen LogP contribution >= 0.6 is 0 Å². The lowest BCUT2D eigenvalue weighted by Crippen LogP contribution is -2.32. The summed E-state index contributed by atoms with van der Waals surface area (Å²) >= 11 is 0. The van der Waals surface area contributed by atoms with E-state index in [9.17, 15) is 0 Å². The molecule has 0 radical (unpaired) electrons. The smallest absolute Gasteiger partial charge is 0.203 e. The van der Waals surface area contributed by atoms with Crippen LogP contribution in [-0.4, -0.2) is 21.2 Å². The first kappa shape index (κ1) is 37.6. The third-order valence-corrected chi connectivity index (χ3v) is 11.7. The molecule has 5 heteroatoms. The summed E-state index contributed by atoms with van der Waals surface area (Å²) in [5, 5.41) is 8.72. The molecule has 0 unspecified atom stereocenters. The quantitative estimate of drug-likeness (QED) is 0.117. The number of hydrogen-bond donors (Lipinski definition) is 1. The van der Waals surface area contributed by atoms with E-state index in [0.29, 0.717) is 0 Å². The molecule has 290 valence electrons. The molecule has 2 aromatic heterocycles. The van der Waals surface area contributed by atoms with Gasteiger partial charge in [0.1, 0.15) is 0 Å². The first-order valence-corrected chi connectivity index (χ1v) is 20.8. The minimum absolute atomic E-state index is 0.425. The maximum Gasteiger partial charge on any atom is 0.203 e. The summed E-state index contributed by atoms with van der Waals surface area (Å²) in [6, 6.07) is 43.1. The highest BCUT2D eigenvalue weighted by molar-refractivity contribution is 6.11. The average Bonchev–Trinajstić information content (AvgIpc) is 3.80. The van der Waals surface area contributed by atoms with Crippen LogP contribution in [0.1, 0.15) is 79.8 Å². The van der Waals surface area contributed by atoms with Crippen LogP contribution in [0, 0.1) is 0 Å². The Kier molecular flexibility index (Phi) is 10.5. The molecule has 0 bridgehead atoms. The van der Waals surface area contributed by atoms with Crippen molar-refractivity contribution >= 4 is 74.1 Å². The second-order valence-electron chi connectivity index (χ2n) is 15.2. The molecule has 0 fully saturated rings. The third-order valence-electron chi connectivity index (χ3n) is 11.7. The van der Waals surface area contributed by atoms with Gasteiger partial charge in [0.2, 0.25) is 6.29 Å². The number of hydrogen-bond acceptors (Lipinski definition) is 3. The molecule has 0 spiro atoms. The number of benzene rings is 5. The summed E-state index contributed by atoms with van der Waals surface area (Å²) in [5.41, 5.74) is 13.8. The molecule has 0 aliphatic carbocycles. The van der Waals surface area contributed by atoms with Gasteiger partial charge in [-0.05, 0) is 102 Å². The fraction of sp³-hybridized carbons (Fsp3) is 0.148. The summed E-state index contributed by atoms with van der Waals surface area (Å²) in [7, 11) is 0. The topological polar surface area (TPSA) is 46.6 Å². The van der Waals surface area contributed by atoms with Gasteiger partial charge < -0.3 is 14.5 Å². The number of para-hydroxylation sites is 3. The lowest BCUT2D eigenvalue weighted by atomic mass is 9.91. The normalized spacial score (nSPS) is 15.7. The Morgan fingerprint density at radius 1 is 0.780 bits per heavy atom. The largest absolute Gasteiger partial charge is 0.346 e. The molecular weight excluding hydrogens is 719 g/mol. The standard InChI is InChI=1S/C54H49N5/c1-5-21-43(37(6-2)22-14-17-30-48-42(7-3)44-27-15-18-31-49(44)58(48)41-25-10-9-11-26-41)51-45-28-16-19-32-50(45)59(47(51)8-4)54-56-52(46-29-20-35-55-53(46)57-54)40-34-33-38-23-12-13-24-39(38)36-40/h6-13,15-19,23-28,30-36,54,56H,2-5,14,20-22,29H2,1H3/b30-17-,43-37-/t54-/m1/s1. The van der Waals surface area contributed by atoms with Crippen LogP contribution in [0.25, 0.3) is 67.8 Å². The van der Waals surface area contributed by atoms with Crippen LogP contribution < -0.4 is 5.32 Å². The highest BCUT2D eigenvalue weighted by atomic mass is 15.3. The van der Waals surface area contributed by atoms with Crippen molar-refractivity contribution in [2.75, 3.05) is 0 Å². The highest BCUT2D eigenvalue weighted by Crippen LogP contribution is 2.41. The Hall–Kier alpha value is -6.98. The van der Waals surface area contributed by atoms with Crippen molar-refractivity contribution in [3.8, 4) is 5.69 Å². The lowest BCUT2D eigenvalue weighted by Gasteiger charge is -2.30. The Morgan fingerprint density at radius 3 is 2.31 bits per heavy atom. The van der Waals surface area contributed by atoms with Crippen molar-refractivity contribution in [1.82, 2.24) is 14.5 Å². The van der Waals surface area contributed by atoms with Gasteiger partial charge in [0.25, 0.3) is 0 Å². The summed E-state index contributed by atoms with van der Waals surface area (Å²) in [6.45, 7) is 15.3. The molecule has 0 amide bonds. The first-order chi connectivity index (χ1) is 29.1. The number of fused-ring (bicyclic) bond motifs is 4. The predicted molar refractivity (Wildman–Crippen MR) is 254 cm³/mol. The van der Waals surface area contributed by atoms with E-state index < -0.39 is 6.29 Å². The number of aromatic nitrogens is 2. The van der Waals surface area contributed by atoms with Crippen LogP contribution in [0.4, 0.5) is 0 Å². The van der Waals surface area contributed by atoms with E-state index >= 15 is 0 Å². The van der Waals surface area contributed by atoms with Gasteiger partial charge in [-0.25, -0.2) is 9.98 Å². The Morgan fingerprint density at radius 2 is 1.53 bits per heavy atom. The molecule has 9 rings (SSSR count). The number of amidine groups is 1. The van der Waals surface area contributed by atoms with Gasteiger partial charge in [-0.15, -0.1) is 0 Å². The van der Waals surface area contributed by atoms with Gasteiger partial charge >= 0.3 is 0 Å². The zero-order chi connectivity index (χ0) is 40.3. The van der Waals surface area contributed by atoms with Crippen molar-refractivity contribution in [2.45, 2.75) is 51.7 Å². The second-order valence-corrected chi connectivity index (χ2v) is 15.2. The molecule has 0 saturated carbocycles. The Labute approximate surface area is 347 Å². The van der Waals surface area contributed by atoms with Crippen LogP contribution in [0.15, 0.2) is 174 Å². The van der Waals surface area contributed by atoms with Gasteiger partial charge in [0.15, 0.2) is 5.84 Å². The highest BCUT2D eigenvalue weighted by Gasteiger charge is 2.30. The number of nitrogens with zero attached hydrogens (tertiary/aromatic N) is 4. The van der Waals surface area contributed by atoms with Crippen molar-refractivity contribution in [3.63, 3.8) is 0 Å². The zero-order valence-electron chi connectivity index (χ0n) is 33.7. The summed E-state index contributed by atoms with van der Waals surface area (Å²) in [5.74, 6) is 0.798. The molecule has 2 aliphatic rings. The second kappa shape index (κ2) is 16.5. The van der Waals surface area contributed by atoms with Crippen molar-refractivity contribution in [2.24, 2.45) is 9.98 Å². The van der Waals surface area contributed by atoms with Crippen LogP contribution in [-0.2, 0) is 0 Å². The minimum atomic E-state index is -0.425. The van der Waals surface area contributed by atoms with Crippen molar-refractivity contribution in [1.29, 1.82) is 0 Å². The van der Waals surface area contributed by atoms with Crippen molar-refractivity contribution < 1.29 is 0 Å². The predicted octanol–water partition coefficient (Wildman–Crippen LogP) is 14.0. The van der Waals surface area contributed by atoms with Gasteiger partial charge in [-0.2, -0.15) is 0 Å². The minimum Gasteiger partial charge on any atom is -0.346 e. The van der Waals surface area contributed by atoms with Gasteiger partial charge in [-0.3, -0.25) is 0 Å². The van der Waals surface area contributed by atoms with Gasteiger partial charge in [0.05, 0.1) is 28.1 Å². The molecule has 7 aromatic rings. The maximum atomic E-state index is 5.31. The van der Waals surface area contributed by atoms with Gasteiger partial charge in [-0.1, -0.05) is 142 Å². The van der Waals surface area contributed by atoms with Gasteiger partial charge in [0, 0.05) is 39.4 Å². The monoisotopic (exact) mass is 767 g/mol. The van der Waals surface area contributed by atoms with Crippen molar-refractivity contribution in [3.05, 3.63) is 192 Å². The van der Waals surface area contributed by atoms with Crippen LogP contribution in [0.3, 0.4) is 0 Å². The average molecular weight is 768 g/mol. The zero-order valence-corrected chi connectivity index (χ0v) is 33.7. The lowest BCUT2D eigenvalue weighted by molar-refractivity contribution is 0.488. The summed E-state index contributed by atoms with van der Waals surface area (Å²) in [4.78, 5) is 10.2. The molecule has 2 aliphatic heterocycles. The molecule has 1 N–H and O–H groups in total. The fourth-order valence-electron chi connectivity index (χ4n) is 9.08. The number of nitrogens with one attached hydrogen (secondary N) is 1. The number of allylic oxidation sites excluding steroid dienone is 4.